The Balaban J connectivity index is 2.43. The van der Waals surface area contributed by atoms with Gasteiger partial charge in [-0.2, -0.15) is 0 Å². The highest BCUT2D eigenvalue weighted by atomic mass is 79.9. The van der Waals surface area contributed by atoms with E-state index in [0.717, 1.165) is 22.7 Å². The second-order valence-corrected chi connectivity index (χ2v) is 5.10. The molecule has 0 saturated heterocycles. The molecule has 0 amide bonds. The number of hydrogen-bond donors (Lipinski definition) is 0. The van der Waals surface area contributed by atoms with E-state index in [1.54, 1.807) is 17.7 Å². The van der Waals surface area contributed by atoms with Crippen molar-refractivity contribution in [1.82, 2.24) is 19.3 Å². The lowest BCUT2D eigenvalue weighted by molar-refractivity contribution is 0.627. The van der Waals surface area contributed by atoms with Crippen molar-refractivity contribution in [3.63, 3.8) is 0 Å². The first-order chi connectivity index (χ1) is 8.52. The zero-order chi connectivity index (χ0) is 13.3. The van der Waals surface area contributed by atoms with Crippen molar-refractivity contribution >= 4 is 15.9 Å². The van der Waals surface area contributed by atoms with Crippen LogP contribution in [0.1, 0.15) is 24.1 Å². The average molecular weight is 311 g/mol. The van der Waals surface area contributed by atoms with Crippen molar-refractivity contribution in [3.05, 3.63) is 44.3 Å². The first-order valence-corrected chi connectivity index (χ1v) is 6.57. The van der Waals surface area contributed by atoms with Gasteiger partial charge in [0.25, 0.3) is 5.56 Å². The van der Waals surface area contributed by atoms with Crippen LogP contribution in [0.5, 0.6) is 0 Å². The summed E-state index contributed by atoms with van der Waals surface area (Å²) in [6.07, 6.45) is 1.78. The maximum atomic E-state index is 12.0. The molecular weight excluding hydrogens is 296 g/mol. The van der Waals surface area contributed by atoms with E-state index in [0.29, 0.717) is 12.1 Å². The number of pyridine rings is 1. The van der Waals surface area contributed by atoms with Crippen LogP contribution in [0.15, 0.2) is 21.5 Å². The standard InChI is InChI=1S/C12H15BrN4O/c1-4-17-9(3)14-15-11(17)7-16-6-10(13)5-8(2)12(16)18/h5-6H,4,7H2,1-3H3. The van der Waals surface area contributed by atoms with Gasteiger partial charge in [-0.05, 0) is 42.8 Å². The molecule has 2 aromatic rings. The second kappa shape index (κ2) is 5.06. The van der Waals surface area contributed by atoms with Crippen molar-refractivity contribution < 1.29 is 0 Å². The van der Waals surface area contributed by atoms with E-state index >= 15 is 0 Å². The minimum atomic E-state index is 0.00139. The van der Waals surface area contributed by atoms with Gasteiger partial charge in [0.1, 0.15) is 5.82 Å². The molecule has 0 radical (unpaired) electrons. The molecule has 0 aromatic carbocycles. The maximum Gasteiger partial charge on any atom is 0.253 e. The molecule has 96 valence electrons. The highest BCUT2D eigenvalue weighted by Gasteiger charge is 2.09. The summed E-state index contributed by atoms with van der Waals surface area (Å²) in [5.41, 5.74) is 0.713. The van der Waals surface area contributed by atoms with Gasteiger partial charge in [0.05, 0.1) is 6.54 Å². The second-order valence-electron chi connectivity index (χ2n) is 4.18. The molecule has 0 aliphatic heterocycles. The van der Waals surface area contributed by atoms with Crippen molar-refractivity contribution in [1.29, 1.82) is 0 Å². The molecule has 18 heavy (non-hydrogen) atoms. The molecule has 0 N–H and O–H groups in total. The summed E-state index contributed by atoms with van der Waals surface area (Å²) < 4.78 is 4.54. The number of hydrogen-bond acceptors (Lipinski definition) is 3. The predicted octanol–water partition coefficient (Wildman–Crippen LogP) is 1.89. The van der Waals surface area contributed by atoms with Crippen LogP contribution in [0, 0.1) is 13.8 Å². The third-order valence-electron chi connectivity index (χ3n) is 2.87. The SMILES string of the molecule is CCn1c(C)nnc1Cn1cc(Br)cc(C)c1=O. The monoisotopic (exact) mass is 310 g/mol. The molecule has 2 rings (SSSR count). The van der Waals surface area contributed by atoms with Gasteiger partial charge in [0.2, 0.25) is 0 Å². The molecule has 2 aromatic heterocycles. The Morgan fingerprint density at radius 3 is 2.72 bits per heavy atom. The summed E-state index contributed by atoms with van der Waals surface area (Å²) in [4.78, 5) is 12.0. The largest absolute Gasteiger partial charge is 0.314 e. The Bertz CT molecular complexity index is 629. The van der Waals surface area contributed by atoms with Crippen molar-refractivity contribution in [2.75, 3.05) is 0 Å². The zero-order valence-electron chi connectivity index (χ0n) is 10.6. The third kappa shape index (κ3) is 2.38. The minimum absolute atomic E-state index is 0.00139. The summed E-state index contributed by atoms with van der Waals surface area (Å²) in [5.74, 6) is 1.67. The van der Waals surface area contributed by atoms with Crippen LogP contribution in [0.3, 0.4) is 0 Å². The smallest absolute Gasteiger partial charge is 0.253 e. The molecular formula is C12H15BrN4O. The van der Waals surface area contributed by atoms with Gasteiger partial charge in [-0.15, -0.1) is 10.2 Å². The van der Waals surface area contributed by atoms with Crippen molar-refractivity contribution in [2.24, 2.45) is 0 Å². The Kier molecular flexibility index (Phi) is 3.65. The maximum absolute atomic E-state index is 12.0. The van der Waals surface area contributed by atoms with E-state index in [4.69, 9.17) is 0 Å². The van der Waals surface area contributed by atoms with Crippen LogP contribution in [0.4, 0.5) is 0 Å². The zero-order valence-corrected chi connectivity index (χ0v) is 12.2. The van der Waals surface area contributed by atoms with Gasteiger partial charge in [0.15, 0.2) is 5.82 Å². The number of aryl methyl sites for hydroxylation is 2. The Morgan fingerprint density at radius 2 is 2.06 bits per heavy atom. The van der Waals surface area contributed by atoms with Crippen LogP contribution >= 0.6 is 15.9 Å². The molecule has 0 saturated carbocycles. The molecule has 0 atom stereocenters. The quantitative estimate of drug-likeness (QED) is 0.870. The van der Waals surface area contributed by atoms with Crippen LogP contribution in [-0.2, 0) is 13.1 Å². The first-order valence-electron chi connectivity index (χ1n) is 5.78. The van der Waals surface area contributed by atoms with E-state index < -0.39 is 0 Å². The van der Waals surface area contributed by atoms with Gasteiger partial charge in [-0.1, -0.05) is 0 Å². The van der Waals surface area contributed by atoms with E-state index in [9.17, 15) is 4.79 Å². The molecule has 0 spiro atoms. The minimum Gasteiger partial charge on any atom is -0.314 e. The number of rotatable bonds is 3. The summed E-state index contributed by atoms with van der Waals surface area (Å²) in [7, 11) is 0. The van der Waals surface area contributed by atoms with E-state index in [1.165, 1.54) is 0 Å². The van der Waals surface area contributed by atoms with Gasteiger partial charge < -0.3 is 9.13 Å². The van der Waals surface area contributed by atoms with E-state index in [2.05, 4.69) is 26.1 Å². The average Bonchev–Trinajstić information content (AvgIpc) is 2.66. The summed E-state index contributed by atoms with van der Waals surface area (Å²) in [6.45, 7) is 6.99. The summed E-state index contributed by atoms with van der Waals surface area (Å²) in [5, 5.41) is 8.16. The fourth-order valence-electron chi connectivity index (χ4n) is 1.96. The van der Waals surface area contributed by atoms with Gasteiger partial charge in [0, 0.05) is 22.8 Å². The molecule has 2 heterocycles. The van der Waals surface area contributed by atoms with Crippen LogP contribution in [0.2, 0.25) is 0 Å². The van der Waals surface area contributed by atoms with Crippen LogP contribution in [0.25, 0.3) is 0 Å². The van der Waals surface area contributed by atoms with E-state index in [-0.39, 0.29) is 5.56 Å². The molecule has 5 nitrogen and oxygen atoms in total. The lowest BCUT2D eigenvalue weighted by Gasteiger charge is -2.09. The predicted molar refractivity (Wildman–Crippen MR) is 72.7 cm³/mol. The summed E-state index contributed by atoms with van der Waals surface area (Å²) >= 11 is 3.40. The Hall–Kier alpha value is -1.43. The fourth-order valence-corrected chi connectivity index (χ4v) is 2.55. The highest BCUT2D eigenvalue weighted by molar-refractivity contribution is 9.10. The Labute approximate surface area is 114 Å². The number of aromatic nitrogens is 4. The van der Waals surface area contributed by atoms with Crippen molar-refractivity contribution in [3.8, 4) is 0 Å². The number of nitrogens with zero attached hydrogens (tertiary/aromatic N) is 4. The van der Waals surface area contributed by atoms with Gasteiger partial charge >= 0.3 is 0 Å². The third-order valence-corrected chi connectivity index (χ3v) is 3.31. The van der Waals surface area contributed by atoms with Crippen LogP contribution in [-0.4, -0.2) is 19.3 Å². The molecule has 0 unspecified atom stereocenters. The lowest BCUT2D eigenvalue weighted by atomic mass is 10.3. The topological polar surface area (TPSA) is 52.7 Å². The summed E-state index contributed by atoms with van der Waals surface area (Å²) in [6, 6.07) is 1.81. The van der Waals surface area contributed by atoms with Gasteiger partial charge in [-0.3, -0.25) is 4.79 Å². The van der Waals surface area contributed by atoms with Gasteiger partial charge in [-0.25, -0.2) is 0 Å². The molecule has 0 bridgehead atoms. The lowest BCUT2D eigenvalue weighted by Crippen LogP contribution is -2.23. The fraction of sp³-hybridized carbons (Fsp3) is 0.417. The molecule has 0 aliphatic carbocycles. The molecule has 0 fully saturated rings. The first kappa shape index (κ1) is 13.0. The van der Waals surface area contributed by atoms with Crippen LogP contribution < -0.4 is 5.56 Å². The molecule has 6 heteroatoms. The highest BCUT2D eigenvalue weighted by Crippen LogP contribution is 2.09. The Morgan fingerprint density at radius 1 is 1.33 bits per heavy atom. The van der Waals surface area contributed by atoms with Crippen molar-refractivity contribution in [2.45, 2.75) is 33.9 Å². The number of halogens is 1. The van der Waals surface area contributed by atoms with E-state index in [1.807, 2.05) is 24.5 Å². The molecule has 0 aliphatic rings. The normalized spacial score (nSPS) is 10.9.